The van der Waals surface area contributed by atoms with E-state index in [0.717, 1.165) is 19.3 Å². The monoisotopic (exact) mass is 390 g/mol. The van der Waals surface area contributed by atoms with Crippen LogP contribution in [-0.4, -0.2) is 30.1 Å². The molecule has 0 radical (unpaired) electrons. The van der Waals surface area contributed by atoms with Gasteiger partial charge in [0.25, 0.3) is 5.91 Å². The van der Waals surface area contributed by atoms with Gasteiger partial charge < -0.3 is 10.1 Å². The second kappa shape index (κ2) is 7.15. The zero-order valence-corrected chi connectivity index (χ0v) is 15.8. The molecule has 4 bridgehead atoms. The molecule has 3 amide bonds. The van der Waals surface area contributed by atoms with Gasteiger partial charge >= 0.3 is 12.0 Å². The molecule has 4 fully saturated rings. The molecule has 1 aromatic carbocycles. The predicted molar refractivity (Wildman–Crippen MR) is 99.3 cm³/mol. The molecule has 6 nitrogen and oxygen atoms in total. The van der Waals surface area contributed by atoms with Crippen molar-refractivity contribution in [3.05, 3.63) is 34.9 Å². The molecule has 7 heteroatoms. The second-order valence-corrected chi connectivity index (χ2v) is 8.66. The lowest BCUT2D eigenvalue weighted by atomic mass is 9.53. The van der Waals surface area contributed by atoms with Crippen molar-refractivity contribution in [2.24, 2.45) is 17.8 Å². The Balaban J connectivity index is 1.27. The molecule has 27 heavy (non-hydrogen) atoms. The number of carbonyl (C=O) groups excluding carboxylic acids is 3. The highest BCUT2D eigenvalue weighted by molar-refractivity contribution is 6.33. The molecule has 0 saturated heterocycles. The van der Waals surface area contributed by atoms with Crippen LogP contribution in [0.5, 0.6) is 0 Å². The Bertz CT molecular complexity index is 744. The van der Waals surface area contributed by atoms with Crippen molar-refractivity contribution in [3.8, 4) is 0 Å². The quantitative estimate of drug-likeness (QED) is 0.772. The van der Waals surface area contributed by atoms with E-state index in [9.17, 15) is 14.4 Å². The van der Waals surface area contributed by atoms with Gasteiger partial charge in [0, 0.05) is 5.54 Å². The average Bonchev–Trinajstić information content (AvgIpc) is 2.58. The van der Waals surface area contributed by atoms with Gasteiger partial charge in [0.2, 0.25) is 0 Å². The van der Waals surface area contributed by atoms with Crippen LogP contribution in [0.15, 0.2) is 24.3 Å². The van der Waals surface area contributed by atoms with Gasteiger partial charge in [-0.2, -0.15) is 0 Å². The van der Waals surface area contributed by atoms with E-state index in [0.29, 0.717) is 17.8 Å². The Labute approximate surface area is 163 Å². The summed E-state index contributed by atoms with van der Waals surface area (Å²) < 4.78 is 4.95. The SMILES string of the molecule is O=C(COC(=O)c1ccccc1Cl)NC(=O)NC12CC3CC(CC(C3)C1)C2. The van der Waals surface area contributed by atoms with Gasteiger partial charge in [0.05, 0.1) is 10.6 Å². The van der Waals surface area contributed by atoms with Gasteiger partial charge in [-0.3, -0.25) is 10.1 Å². The smallest absolute Gasteiger partial charge is 0.340 e. The average molecular weight is 391 g/mol. The summed E-state index contributed by atoms with van der Waals surface area (Å²) in [7, 11) is 0. The number of benzene rings is 1. The fourth-order valence-corrected chi connectivity index (χ4v) is 5.75. The number of urea groups is 1. The second-order valence-electron chi connectivity index (χ2n) is 8.26. The number of imide groups is 1. The van der Waals surface area contributed by atoms with E-state index >= 15 is 0 Å². The summed E-state index contributed by atoms with van der Waals surface area (Å²) in [5.74, 6) is 0.742. The van der Waals surface area contributed by atoms with Gasteiger partial charge in [0.1, 0.15) is 0 Å². The summed E-state index contributed by atoms with van der Waals surface area (Å²) in [6.07, 6.45) is 6.84. The molecule has 4 aliphatic rings. The van der Waals surface area contributed by atoms with Crippen LogP contribution >= 0.6 is 11.6 Å². The number of rotatable bonds is 4. The first-order chi connectivity index (χ1) is 12.9. The first-order valence-corrected chi connectivity index (χ1v) is 9.84. The summed E-state index contributed by atoms with van der Waals surface area (Å²) in [6, 6.07) is 5.93. The van der Waals surface area contributed by atoms with E-state index in [1.165, 1.54) is 25.3 Å². The van der Waals surface area contributed by atoms with Crippen molar-refractivity contribution in [2.75, 3.05) is 6.61 Å². The minimum Gasteiger partial charge on any atom is -0.452 e. The third-order valence-corrected chi connectivity index (χ3v) is 6.43. The summed E-state index contributed by atoms with van der Waals surface area (Å²) in [4.78, 5) is 36.2. The van der Waals surface area contributed by atoms with Gasteiger partial charge in [-0.05, 0) is 68.4 Å². The topological polar surface area (TPSA) is 84.5 Å². The van der Waals surface area contributed by atoms with Gasteiger partial charge in [0.15, 0.2) is 6.61 Å². The number of esters is 1. The normalized spacial score (nSPS) is 30.6. The third kappa shape index (κ3) is 3.95. The molecule has 0 unspecified atom stereocenters. The lowest BCUT2D eigenvalue weighted by molar-refractivity contribution is -0.123. The van der Waals surface area contributed by atoms with E-state index in [4.69, 9.17) is 16.3 Å². The Morgan fingerprint density at radius 3 is 2.22 bits per heavy atom. The molecule has 0 aliphatic heterocycles. The highest BCUT2D eigenvalue weighted by Gasteiger charge is 2.51. The predicted octanol–water partition coefficient (Wildman–Crippen LogP) is 3.29. The van der Waals surface area contributed by atoms with Crippen LogP contribution in [0.25, 0.3) is 0 Å². The number of hydrogen-bond donors (Lipinski definition) is 2. The Kier molecular flexibility index (Phi) is 4.84. The molecular weight excluding hydrogens is 368 g/mol. The Morgan fingerprint density at radius 1 is 1.04 bits per heavy atom. The molecular formula is C20H23ClN2O4. The lowest BCUT2D eigenvalue weighted by Crippen LogP contribution is -2.62. The van der Waals surface area contributed by atoms with Crippen molar-refractivity contribution < 1.29 is 19.1 Å². The summed E-state index contributed by atoms with van der Waals surface area (Å²) in [5, 5.41) is 5.58. The van der Waals surface area contributed by atoms with Crippen molar-refractivity contribution in [3.63, 3.8) is 0 Å². The summed E-state index contributed by atoms with van der Waals surface area (Å²) in [5.41, 5.74) is 0.0119. The zero-order chi connectivity index (χ0) is 19.0. The van der Waals surface area contributed by atoms with Gasteiger partial charge in [-0.15, -0.1) is 0 Å². The minimum absolute atomic E-state index is 0.173. The van der Waals surface area contributed by atoms with Crippen LogP contribution in [0.4, 0.5) is 4.79 Å². The number of carbonyl (C=O) groups is 3. The molecule has 0 aromatic heterocycles. The van der Waals surface area contributed by atoms with Crippen molar-refractivity contribution in [1.82, 2.24) is 10.6 Å². The largest absolute Gasteiger partial charge is 0.452 e. The molecule has 1 aromatic rings. The van der Waals surface area contributed by atoms with E-state index in [2.05, 4.69) is 10.6 Å². The fourth-order valence-electron chi connectivity index (χ4n) is 5.53. The van der Waals surface area contributed by atoms with Gasteiger partial charge in [-0.1, -0.05) is 23.7 Å². The van der Waals surface area contributed by atoms with Crippen molar-refractivity contribution in [2.45, 2.75) is 44.1 Å². The number of nitrogens with one attached hydrogen (secondary N) is 2. The van der Waals surface area contributed by atoms with Crippen LogP contribution in [0.2, 0.25) is 5.02 Å². The molecule has 2 N–H and O–H groups in total. The molecule has 0 atom stereocenters. The standard InChI is InChI=1S/C20H23ClN2O4/c21-16-4-2-1-3-15(16)18(25)27-11-17(24)22-19(26)23-20-8-12-5-13(9-20)7-14(6-12)10-20/h1-4,12-14H,5-11H2,(H2,22,23,24,26). The van der Waals surface area contributed by atoms with Crippen LogP contribution in [-0.2, 0) is 9.53 Å². The summed E-state index contributed by atoms with van der Waals surface area (Å²) in [6.45, 7) is -0.529. The minimum atomic E-state index is -0.697. The number of halogens is 1. The lowest BCUT2D eigenvalue weighted by Gasteiger charge is -2.56. The highest BCUT2D eigenvalue weighted by atomic mass is 35.5. The van der Waals surface area contributed by atoms with Crippen LogP contribution in [0.1, 0.15) is 48.9 Å². The summed E-state index contributed by atoms with van der Waals surface area (Å²) >= 11 is 5.93. The number of hydrogen-bond acceptors (Lipinski definition) is 4. The molecule has 4 aliphatic carbocycles. The maximum atomic E-state index is 12.3. The highest BCUT2D eigenvalue weighted by Crippen LogP contribution is 2.55. The van der Waals surface area contributed by atoms with Crippen LogP contribution < -0.4 is 10.6 Å². The van der Waals surface area contributed by atoms with Crippen molar-refractivity contribution >= 4 is 29.5 Å². The molecule has 0 spiro atoms. The first kappa shape index (κ1) is 18.3. The molecule has 144 valence electrons. The maximum Gasteiger partial charge on any atom is 0.340 e. The Morgan fingerprint density at radius 2 is 1.63 bits per heavy atom. The zero-order valence-electron chi connectivity index (χ0n) is 15.0. The third-order valence-electron chi connectivity index (χ3n) is 6.10. The first-order valence-electron chi connectivity index (χ1n) is 9.46. The van der Waals surface area contributed by atoms with Crippen LogP contribution in [0.3, 0.4) is 0 Å². The van der Waals surface area contributed by atoms with E-state index < -0.39 is 24.5 Å². The van der Waals surface area contributed by atoms with E-state index in [1.807, 2.05) is 0 Å². The maximum absolute atomic E-state index is 12.3. The van der Waals surface area contributed by atoms with Crippen molar-refractivity contribution in [1.29, 1.82) is 0 Å². The molecule has 4 saturated carbocycles. The molecule has 5 rings (SSSR count). The van der Waals surface area contributed by atoms with E-state index in [-0.39, 0.29) is 16.1 Å². The van der Waals surface area contributed by atoms with Gasteiger partial charge in [-0.25, -0.2) is 9.59 Å². The number of amides is 3. The van der Waals surface area contributed by atoms with E-state index in [1.54, 1.807) is 18.2 Å². The number of ether oxygens (including phenoxy) is 1. The molecule has 0 heterocycles. The van der Waals surface area contributed by atoms with Crippen LogP contribution in [0, 0.1) is 17.8 Å². The fraction of sp³-hybridized carbons (Fsp3) is 0.550. The Hall–Kier alpha value is -2.08.